The molecule has 0 unspecified atom stereocenters. The van der Waals surface area contributed by atoms with E-state index in [0.717, 1.165) is 5.56 Å². The summed E-state index contributed by atoms with van der Waals surface area (Å²) in [6.45, 7) is 2.01. The van der Waals surface area contributed by atoms with Crippen LogP contribution in [-0.4, -0.2) is 40.3 Å². The lowest BCUT2D eigenvalue weighted by molar-refractivity contribution is -0.248. The third-order valence-corrected chi connectivity index (χ3v) is 5.22. The number of ether oxygens (including phenoxy) is 4. The Morgan fingerprint density at radius 3 is 2.26 bits per heavy atom. The molecule has 1 heterocycles. The van der Waals surface area contributed by atoms with E-state index in [1.54, 1.807) is 31.2 Å². The van der Waals surface area contributed by atoms with E-state index in [1.807, 2.05) is 36.4 Å². The van der Waals surface area contributed by atoms with E-state index in [-0.39, 0.29) is 13.0 Å². The van der Waals surface area contributed by atoms with E-state index in [9.17, 15) is 4.79 Å². The van der Waals surface area contributed by atoms with Crippen molar-refractivity contribution in [2.75, 3.05) is 0 Å². The van der Waals surface area contributed by atoms with E-state index in [0.29, 0.717) is 5.56 Å². The molecule has 9 heteroatoms. The van der Waals surface area contributed by atoms with Crippen LogP contribution in [0.15, 0.2) is 60.7 Å². The van der Waals surface area contributed by atoms with Crippen molar-refractivity contribution in [1.82, 2.24) is 0 Å². The van der Waals surface area contributed by atoms with Crippen LogP contribution in [0.3, 0.4) is 0 Å². The molecule has 0 bridgehead atoms. The molecule has 1 aliphatic rings. The molecule has 1 saturated heterocycles. The third-order valence-electron chi connectivity index (χ3n) is 4.71. The molecular weight excluding hydrogens is 465 g/mol. The Labute approximate surface area is 195 Å². The highest BCUT2D eigenvalue weighted by molar-refractivity contribution is 6.76. The van der Waals surface area contributed by atoms with E-state index in [1.165, 1.54) is 0 Å². The van der Waals surface area contributed by atoms with Crippen LogP contribution in [0.1, 0.15) is 29.3 Å². The second-order valence-corrected chi connectivity index (χ2v) is 9.32. The van der Waals surface area contributed by atoms with Crippen molar-refractivity contribution in [3.05, 3.63) is 71.8 Å². The molecule has 2 aromatic carbocycles. The molecule has 0 aromatic heterocycles. The number of carbonyl (C=O) groups excluding carboxylic acids is 1. The predicted octanol–water partition coefficient (Wildman–Crippen LogP) is 5.30. The molecule has 0 spiro atoms. The minimum Gasteiger partial charge on any atom is -0.456 e. The highest BCUT2D eigenvalue weighted by Gasteiger charge is 2.42. The zero-order chi connectivity index (χ0) is 22.4. The molecule has 2 aromatic rings. The topological polar surface area (TPSA) is 77.8 Å². The summed E-state index contributed by atoms with van der Waals surface area (Å²) in [5.41, 5.74) is 1.38. The number of hydrogen-bond acceptors (Lipinski definition) is 6. The number of rotatable bonds is 6. The van der Waals surface area contributed by atoms with Gasteiger partial charge in [0.15, 0.2) is 0 Å². The number of benzene rings is 2. The smallest absolute Gasteiger partial charge is 0.338 e. The lowest BCUT2D eigenvalue weighted by atomic mass is 10.0. The van der Waals surface area contributed by atoms with Crippen LogP contribution < -0.4 is 0 Å². The van der Waals surface area contributed by atoms with Crippen molar-refractivity contribution in [2.24, 2.45) is 0 Å². The van der Waals surface area contributed by atoms with Crippen LogP contribution >= 0.6 is 34.8 Å². The summed E-state index contributed by atoms with van der Waals surface area (Å²) in [6, 6.07) is 18.2. The van der Waals surface area contributed by atoms with Gasteiger partial charge in [-0.2, -0.15) is 0 Å². The predicted molar refractivity (Wildman–Crippen MR) is 119 cm³/mol. The Balaban J connectivity index is 1.71. The van der Waals surface area contributed by atoms with Crippen molar-refractivity contribution in [1.29, 1.82) is 5.41 Å². The zero-order valence-electron chi connectivity index (χ0n) is 16.7. The molecule has 0 amide bonds. The van der Waals surface area contributed by atoms with E-state index < -0.39 is 40.3 Å². The number of alkyl halides is 3. The molecule has 166 valence electrons. The second kappa shape index (κ2) is 10.7. The van der Waals surface area contributed by atoms with Crippen molar-refractivity contribution in [3.63, 3.8) is 0 Å². The fourth-order valence-electron chi connectivity index (χ4n) is 3.05. The van der Waals surface area contributed by atoms with Gasteiger partial charge in [-0.15, -0.1) is 0 Å². The maximum atomic E-state index is 12.5. The molecule has 1 fully saturated rings. The summed E-state index contributed by atoms with van der Waals surface area (Å²) in [5.74, 6) is -1.04. The molecule has 0 saturated carbocycles. The molecule has 3 rings (SSSR count). The zero-order valence-corrected chi connectivity index (χ0v) is 18.9. The summed E-state index contributed by atoms with van der Waals surface area (Å²) >= 11 is 17.2. The fourth-order valence-corrected chi connectivity index (χ4v) is 3.19. The molecule has 1 N–H and O–H groups in total. The summed E-state index contributed by atoms with van der Waals surface area (Å²) in [4.78, 5) is 12.5. The van der Waals surface area contributed by atoms with Gasteiger partial charge in [-0.1, -0.05) is 83.3 Å². The van der Waals surface area contributed by atoms with Crippen molar-refractivity contribution < 1.29 is 23.7 Å². The van der Waals surface area contributed by atoms with Crippen LogP contribution in [0.2, 0.25) is 0 Å². The largest absolute Gasteiger partial charge is 0.456 e. The van der Waals surface area contributed by atoms with Gasteiger partial charge in [-0.3, -0.25) is 5.41 Å². The SMILES string of the molecule is C[C@@H]1O[C@@H](OC(=N)C(Cl)(Cl)Cl)[C@@H](OCc2ccccc2)C[C@@H]1OC(=O)c1ccccc1. The van der Waals surface area contributed by atoms with Gasteiger partial charge in [-0.05, 0) is 24.6 Å². The maximum absolute atomic E-state index is 12.5. The van der Waals surface area contributed by atoms with Crippen molar-refractivity contribution in [3.8, 4) is 0 Å². The fraction of sp³-hybridized carbons (Fsp3) is 0.364. The van der Waals surface area contributed by atoms with Gasteiger partial charge >= 0.3 is 5.97 Å². The highest BCUT2D eigenvalue weighted by Crippen LogP contribution is 2.32. The molecule has 0 radical (unpaired) electrons. The molecule has 6 nitrogen and oxygen atoms in total. The van der Waals surface area contributed by atoms with Gasteiger partial charge in [0, 0.05) is 6.42 Å². The van der Waals surface area contributed by atoms with Crippen LogP contribution in [-0.2, 0) is 25.6 Å². The lowest BCUT2D eigenvalue weighted by Crippen LogP contribution is -2.51. The van der Waals surface area contributed by atoms with Crippen LogP contribution in [0.5, 0.6) is 0 Å². The minimum absolute atomic E-state index is 0.267. The number of hydrogen-bond donors (Lipinski definition) is 1. The average molecular weight is 487 g/mol. The standard InChI is InChI=1S/C22H22Cl3NO5/c1-14-17(30-19(27)16-10-6-3-7-11-16)12-18(28-13-15-8-4-2-5-9-15)20(29-14)31-21(26)22(23,24)25/h2-11,14,17-18,20,26H,12-13H2,1H3/t14-,17-,18-,20-/m0/s1. The van der Waals surface area contributed by atoms with E-state index >= 15 is 0 Å². The number of halogens is 3. The van der Waals surface area contributed by atoms with Gasteiger partial charge in [0.1, 0.15) is 12.2 Å². The van der Waals surface area contributed by atoms with E-state index in [2.05, 4.69) is 0 Å². The first kappa shape index (κ1) is 23.8. The Bertz CT molecular complexity index is 876. The molecule has 31 heavy (non-hydrogen) atoms. The third kappa shape index (κ3) is 6.82. The van der Waals surface area contributed by atoms with Crippen LogP contribution in [0, 0.1) is 5.41 Å². The van der Waals surface area contributed by atoms with Crippen molar-refractivity contribution in [2.45, 2.75) is 48.3 Å². The van der Waals surface area contributed by atoms with Crippen molar-refractivity contribution >= 4 is 46.7 Å². The minimum atomic E-state index is -2.03. The number of nitrogens with one attached hydrogen (secondary N) is 1. The normalized spacial score (nSPS) is 23.7. The van der Waals surface area contributed by atoms with Gasteiger partial charge in [0.25, 0.3) is 3.79 Å². The summed E-state index contributed by atoms with van der Waals surface area (Å²) in [5, 5.41) is 7.87. The highest BCUT2D eigenvalue weighted by atomic mass is 35.6. The first-order chi connectivity index (χ1) is 14.7. The van der Waals surface area contributed by atoms with Gasteiger partial charge < -0.3 is 18.9 Å². The average Bonchev–Trinajstić information content (AvgIpc) is 2.75. The second-order valence-electron chi connectivity index (χ2n) is 7.03. The Morgan fingerprint density at radius 2 is 1.65 bits per heavy atom. The van der Waals surface area contributed by atoms with Crippen LogP contribution in [0.25, 0.3) is 0 Å². The quantitative estimate of drug-likeness (QED) is 0.260. The first-order valence-electron chi connectivity index (χ1n) is 9.63. The van der Waals surface area contributed by atoms with Gasteiger partial charge in [-0.25, -0.2) is 4.79 Å². The first-order valence-corrected chi connectivity index (χ1v) is 10.8. The van der Waals surface area contributed by atoms with E-state index in [4.69, 9.17) is 59.2 Å². The lowest BCUT2D eigenvalue weighted by Gasteiger charge is -2.39. The summed E-state index contributed by atoms with van der Waals surface area (Å²) < 4.78 is 20.9. The monoisotopic (exact) mass is 485 g/mol. The van der Waals surface area contributed by atoms with Gasteiger partial charge in [0.05, 0.1) is 18.3 Å². The Morgan fingerprint density at radius 1 is 1.03 bits per heavy atom. The molecular formula is C22H22Cl3NO5. The summed E-state index contributed by atoms with van der Waals surface area (Å²) in [6.07, 6.45) is -2.51. The molecule has 1 aliphatic heterocycles. The number of esters is 1. The summed E-state index contributed by atoms with van der Waals surface area (Å²) in [7, 11) is 0. The Hall–Kier alpha value is -1.83. The van der Waals surface area contributed by atoms with Gasteiger partial charge in [0.2, 0.25) is 12.2 Å². The molecule has 4 atom stereocenters. The Kier molecular flexibility index (Phi) is 8.19. The molecule has 0 aliphatic carbocycles. The maximum Gasteiger partial charge on any atom is 0.338 e. The van der Waals surface area contributed by atoms with Crippen LogP contribution in [0.4, 0.5) is 0 Å². The number of carbonyl (C=O) groups is 1.